The number of fused-ring (bicyclic) bond motifs is 1. The summed E-state index contributed by atoms with van der Waals surface area (Å²) in [5, 5.41) is 17.0. The van der Waals surface area contributed by atoms with Crippen LogP contribution in [-0.4, -0.2) is 52.7 Å². The van der Waals surface area contributed by atoms with E-state index >= 15 is 0 Å². The van der Waals surface area contributed by atoms with Gasteiger partial charge in [0.2, 0.25) is 11.8 Å². The fourth-order valence-electron chi connectivity index (χ4n) is 6.07. The lowest BCUT2D eigenvalue weighted by atomic mass is 9.94. The van der Waals surface area contributed by atoms with E-state index in [-0.39, 0.29) is 36.7 Å². The minimum Gasteiger partial charge on any atom is -0.483 e. The molecule has 0 spiro atoms. The summed E-state index contributed by atoms with van der Waals surface area (Å²) in [5.41, 5.74) is 4.02. The zero-order valence-electron chi connectivity index (χ0n) is 30.6. The Morgan fingerprint density at radius 1 is 1.04 bits per heavy atom. The van der Waals surface area contributed by atoms with Gasteiger partial charge in [-0.3, -0.25) is 24.2 Å². The molecule has 1 heterocycles. The number of anilines is 1. The second-order valence-electron chi connectivity index (χ2n) is 12.4. The van der Waals surface area contributed by atoms with Gasteiger partial charge in [-0.25, -0.2) is 0 Å². The van der Waals surface area contributed by atoms with Crippen molar-refractivity contribution in [1.29, 1.82) is 0 Å². The molecule has 10 nitrogen and oxygen atoms in total. The van der Waals surface area contributed by atoms with Crippen molar-refractivity contribution in [2.24, 2.45) is 4.99 Å². The molecule has 2 aromatic carbocycles. The Labute approximate surface area is 297 Å². The topological polar surface area (TPSA) is 142 Å². The number of aliphatic imine (C=N–C) groups is 1. The van der Waals surface area contributed by atoms with Gasteiger partial charge in [0, 0.05) is 34.4 Å². The zero-order chi connectivity index (χ0) is 37.1. The number of carbonyl (C=O) groups is 4. The minimum absolute atomic E-state index is 0.0968. The second kappa shape index (κ2) is 21.2. The van der Waals surface area contributed by atoms with Crippen LogP contribution in [0.3, 0.4) is 0 Å². The van der Waals surface area contributed by atoms with Crippen LogP contribution in [0.2, 0.25) is 0 Å². The molecule has 1 saturated carbocycles. The fourth-order valence-corrected chi connectivity index (χ4v) is 6.07. The largest absolute Gasteiger partial charge is 0.483 e. The molecule has 3 amide bonds. The number of nitrogens with one attached hydrogen (secondary N) is 3. The summed E-state index contributed by atoms with van der Waals surface area (Å²) < 4.78 is 1.96. The highest BCUT2D eigenvalue weighted by Gasteiger charge is 2.42. The van der Waals surface area contributed by atoms with Gasteiger partial charge in [-0.1, -0.05) is 89.5 Å². The van der Waals surface area contributed by atoms with Gasteiger partial charge >= 0.3 is 0 Å². The van der Waals surface area contributed by atoms with Crippen molar-refractivity contribution in [1.82, 2.24) is 15.2 Å². The molecule has 1 aromatic heterocycles. The average molecular weight is 686 g/mol. The average Bonchev–Trinajstić information content (AvgIpc) is 3.69. The van der Waals surface area contributed by atoms with Gasteiger partial charge in [0.25, 0.3) is 12.4 Å². The lowest BCUT2D eigenvalue weighted by Crippen LogP contribution is -2.55. The van der Waals surface area contributed by atoms with E-state index < -0.39 is 5.54 Å². The molecule has 270 valence electrons. The van der Waals surface area contributed by atoms with Crippen molar-refractivity contribution >= 4 is 53.6 Å². The molecule has 1 aliphatic carbocycles. The molecule has 0 saturated heterocycles. The number of nitrogens with zero attached hydrogens (tertiary/aromatic N) is 2. The summed E-state index contributed by atoms with van der Waals surface area (Å²) in [6.45, 7) is 16.8. The smallest absolute Gasteiger partial charge is 0.290 e. The van der Waals surface area contributed by atoms with E-state index in [0.29, 0.717) is 37.2 Å². The lowest BCUT2D eigenvalue weighted by molar-refractivity contribution is -0.123. The molecule has 10 heteroatoms. The highest BCUT2D eigenvalue weighted by Crippen LogP contribution is 2.36. The lowest BCUT2D eigenvalue weighted by Gasteiger charge is -2.29. The van der Waals surface area contributed by atoms with Crippen LogP contribution in [0.15, 0.2) is 65.7 Å². The van der Waals surface area contributed by atoms with E-state index in [1.54, 1.807) is 0 Å². The number of benzene rings is 2. The molecular formula is C40H55N5O5. The molecule has 1 aliphatic rings. The molecule has 3 aromatic rings. The first-order chi connectivity index (χ1) is 24.1. The predicted octanol–water partition coefficient (Wildman–Crippen LogP) is 7.88. The quantitative estimate of drug-likeness (QED) is 0.0823. The van der Waals surface area contributed by atoms with Crippen molar-refractivity contribution < 1.29 is 24.3 Å². The summed E-state index contributed by atoms with van der Waals surface area (Å²) >= 11 is 0. The Kier molecular flexibility index (Phi) is 17.4. The number of amides is 3. The first-order valence-corrected chi connectivity index (χ1v) is 17.5. The maximum atomic E-state index is 13.8. The molecule has 0 aliphatic heterocycles. The van der Waals surface area contributed by atoms with E-state index in [0.717, 1.165) is 47.0 Å². The summed E-state index contributed by atoms with van der Waals surface area (Å²) in [6, 6.07) is 13.3. The molecule has 0 radical (unpaired) electrons. The van der Waals surface area contributed by atoms with E-state index in [2.05, 4.69) is 55.4 Å². The minimum atomic E-state index is -0.998. The van der Waals surface area contributed by atoms with Crippen molar-refractivity contribution in [2.75, 3.05) is 11.9 Å². The SMILES string of the molecule is C=NCc1c(C(C)CC)c2ccc(C(=O)NC3(C(=O)Nc4ccc(/C=C/C)cc4)CCCC3)cc2n1CC(=O)NC/C=C\C.CCC.O=CO. The van der Waals surface area contributed by atoms with Crippen LogP contribution >= 0.6 is 0 Å². The van der Waals surface area contributed by atoms with Crippen LogP contribution in [0.1, 0.15) is 113 Å². The van der Waals surface area contributed by atoms with Crippen LogP contribution in [0.4, 0.5) is 5.69 Å². The first-order valence-electron chi connectivity index (χ1n) is 17.5. The molecule has 4 N–H and O–H groups in total. The Morgan fingerprint density at radius 2 is 1.68 bits per heavy atom. The predicted molar refractivity (Wildman–Crippen MR) is 205 cm³/mol. The van der Waals surface area contributed by atoms with Crippen molar-refractivity contribution in [3.63, 3.8) is 0 Å². The van der Waals surface area contributed by atoms with Gasteiger partial charge in [-0.15, -0.1) is 0 Å². The van der Waals surface area contributed by atoms with Gasteiger partial charge in [0.1, 0.15) is 12.1 Å². The van der Waals surface area contributed by atoms with Gasteiger partial charge in [-0.2, -0.15) is 0 Å². The number of hydrogen-bond donors (Lipinski definition) is 4. The third-order valence-corrected chi connectivity index (χ3v) is 8.57. The number of carboxylic acid groups (broad SMARTS) is 1. The molecule has 1 unspecified atom stereocenters. The highest BCUT2D eigenvalue weighted by molar-refractivity contribution is 6.05. The molecular weight excluding hydrogens is 630 g/mol. The van der Waals surface area contributed by atoms with E-state index in [9.17, 15) is 14.4 Å². The molecule has 1 atom stereocenters. The van der Waals surface area contributed by atoms with Crippen LogP contribution < -0.4 is 16.0 Å². The summed E-state index contributed by atoms with van der Waals surface area (Å²) in [7, 11) is 0. The normalized spacial score (nSPS) is 13.9. The van der Waals surface area contributed by atoms with E-state index in [1.807, 2.05) is 85.2 Å². The van der Waals surface area contributed by atoms with Crippen LogP contribution in [0, 0.1) is 0 Å². The Hall–Kier alpha value is -4.99. The fraction of sp³-hybridized carbons (Fsp3) is 0.425. The van der Waals surface area contributed by atoms with Gasteiger partial charge in [0.05, 0.1) is 6.54 Å². The van der Waals surface area contributed by atoms with Gasteiger partial charge in [0.15, 0.2) is 0 Å². The van der Waals surface area contributed by atoms with Crippen molar-refractivity contribution in [3.8, 4) is 0 Å². The Morgan fingerprint density at radius 3 is 2.24 bits per heavy atom. The number of hydrogen-bond acceptors (Lipinski definition) is 5. The third-order valence-electron chi connectivity index (χ3n) is 8.57. The number of aromatic nitrogens is 1. The molecule has 4 rings (SSSR count). The van der Waals surface area contributed by atoms with Crippen LogP contribution in [0.5, 0.6) is 0 Å². The second-order valence-corrected chi connectivity index (χ2v) is 12.4. The first kappa shape index (κ1) is 41.2. The van der Waals surface area contributed by atoms with E-state index in [4.69, 9.17) is 9.90 Å². The number of allylic oxidation sites excluding steroid dienone is 2. The van der Waals surface area contributed by atoms with Crippen molar-refractivity contribution in [3.05, 3.63) is 83.1 Å². The van der Waals surface area contributed by atoms with Crippen LogP contribution in [-0.2, 0) is 27.5 Å². The molecule has 50 heavy (non-hydrogen) atoms. The molecule has 1 fully saturated rings. The maximum absolute atomic E-state index is 13.8. The third kappa shape index (κ3) is 11.0. The summed E-state index contributed by atoms with van der Waals surface area (Å²) in [4.78, 5) is 53.0. The van der Waals surface area contributed by atoms with E-state index in [1.165, 1.54) is 6.42 Å². The number of carbonyl (C=O) groups excluding carboxylic acids is 3. The van der Waals surface area contributed by atoms with Crippen LogP contribution in [0.25, 0.3) is 17.0 Å². The summed E-state index contributed by atoms with van der Waals surface area (Å²) in [6.07, 6.45) is 12.8. The van der Waals surface area contributed by atoms with Crippen molar-refractivity contribution in [2.45, 2.75) is 105 Å². The maximum Gasteiger partial charge on any atom is 0.290 e. The highest BCUT2D eigenvalue weighted by atomic mass is 16.3. The molecule has 0 bridgehead atoms. The monoisotopic (exact) mass is 685 g/mol. The Bertz CT molecular complexity index is 1630. The summed E-state index contributed by atoms with van der Waals surface area (Å²) in [5.74, 6) is -0.427. The van der Waals surface area contributed by atoms with Gasteiger partial charge < -0.3 is 25.6 Å². The van der Waals surface area contributed by atoms with Gasteiger partial charge in [-0.05, 0) is 81.1 Å². The Balaban J connectivity index is 0.00000135. The standard InChI is InChI=1S/C36H45N5O3.C3H8.CH2O2/c1-6-9-21-38-32(42)24-41-30-22-27(15-18-29(30)33(25(4)8-3)31(41)23-37-5)34(43)40-36(19-10-11-20-36)35(44)39-28-16-13-26(12-7-2)14-17-28;1-3-2;2-1-3/h6-7,9,12-18,22,25H,5,8,10-11,19-21,23-24H2,1-4H3,(H,38,42)(H,39,44)(H,40,43);3H2,1-2H3;1H,(H,2,3)/b9-6-,12-7+;;. The number of rotatable bonds is 13. The zero-order valence-corrected chi connectivity index (χ0v) is 30.6.